The summed E-state index contributed by atoms with van der Waals surface area (Å²) in [6, 6.07) is 11.8. The molecular weight excluding hydrogens is 437 g/mol. The predicted octanol–water partition coefficient (Wildman–Crippen LogP) is 3.86. The van der Waals surface area contributed by atoms with Crippen LogP contribution in [0.4, 0.5) is 19.7 Å². The number of amides is 4. The third-order valence-electron chi connectivity index (χ3n) is 4.31. The van der Waals surface area contributed by atoms with Gasteiger partial charge in [0.1, 0.15) is 5.82 Å². The Labute approximate surface area is 187 Å². The number of carbonyl (C=O) groups excluding carboxylic acids is 4. The molecule has 1 aliphatic rings. The zero-order valence-corrected chi connectivity index (χ0v) is 17.9. The highest BCUT2D eigenvalue weighted by atomic mass is 32.2. The number of hydrogen-bond donors (Lipinski definition) is 2. The van der Waals surface area contributed by atoms with Gasteiger partial charge in [0.15, 0.2) is 0 Å². The largest absolute Gasteiger partial charge is 0.450 e. The molecule has 10 heteroatoms. The maximum atomic E-state index is 13.0. The van der Waals surface area contributed by atoms with Crippen LogP contribution in [0.15, 0.2) is 53.4 Å². The molecule has 0 spiro atoms. The molecule has 0 atom stereocenters. The minimum absolute atomic E-state index is 0.00205. The van der Waals surface area contributed by atoms with Gasteiger partial charge in [0, 0.05) is 24.3 Å². The lowest BCUT2D eigenvalue weighted by Crippen LogP contribution is -2.37. The number of anilines is 1. The molecule has 0 aromatic heterocycles. The fraction of sp³-hybridized carbons (Fsp3) is 0.182. The number of benzene rings is 2. The number of rotatable bonds is 7. The molecule has 2 aromatic carbocycles. The van der Waals surface area contributed by atoms with E-state index in [9.17, 15) is 23.6 Å². The maximum absolute atomic E-state index is 13.0. The minimum Gasteiger partial charge on any atom is -0.450 e. The minimum atomic E-state index is -0.627. The molecule has 1 saturated heterocycles. The molecule has 1 aliphatic heterocycles. The highest BCUT2D eigenvalue weighted by molar-refractivity contribution is 8.18. The third-order valence-corrected chi connectivity index (χ3v) is 5.22. The van der Waals surface area contributed by atoms with E-state index in [2.05, 4.69) is 10.6 Å². The maximum Gasteiger partial charge on any atom is 0.411 e. The third kappa shape index (κ3) is 5.94. The first kappa shape index (κ1) is 23.0. The number of hydrogen-bond acceptors (Lipinski definition) is 6. The second-order valence-electron chi connectivity index (χ2n) is 6.57. The molecule has 8 nitrogen and oxygen atoms in total. The second-order valence-corrected chi connectivity index (χ2v) is 7.56. The topological polar surface area (TPSA) is 105 Å². The Morgan fingerprint density at radius 2 is 1.91 bits per heavy atom. The van der Waals surface area contributed by atoms with Gasteiger partial charge in [-0.1, -0.05) is 18.2 Å². The van der Waals surface area contributed by atoms with E-state index in [-0.39, 0.29) is 24.6 Å². The number of carbonyl (C=O) groups is 4. The molecule has 166 valence electrons. The quantitative estimate of drug-likeness (QED) is 0.612. The normalized spacial score (nSPS) is 14.6. The molecule has 2 N–H and O–H groups in total. The summed E-state index contributed by atoms with van der Waals surface area (Å²) < 4.78 is 17.8. The Balaban J connectivity index is 1.55. The summed E-state index contributed by atoms with van der Waals surface area (Å²) in [5, 5.41) is 4.71. The number of halogens is 1. The summed E-state index contributed by atoms with van der Waals surface area (Å²) in [5.74, 6) is -1.29. The molecule has 32 heavy (non-hydrogen) atoms. The van der Waals surface area contributed by atoms with Crippen molar-refractivity contribution >= 4 is 46.7 Å². The second kappa shape index (κ2) is 10.6. The average Bonchev–Trinajstić information content (AvgIpc) is 3.03. The van der Waals surface area contributed by atoms with Gasteiger partial charge in [0.25, 0.3) is 17.1 Å². The van der Waals surface area contributed by atoms with Crippen LogP contribution in [0.3, 0.4) is 0 Å². The van der Waals surface area contributed by atoms with Gasteiger partial charge in [-0.25, -0.2) is 9.18 Å². The Hall–Kier alpha value is -3.66. The lowest BCUT2D eigenvalue weighted by molar-refractivity contribution is -0.122. The van der Waals surface area contributed by atoms with Crippen LogP contribution in [0, 0.1) is 5.82 Å². The fourth-order valence-corrected chi connectivity index (χ4v) is 3.67. The van der Waals surface area contributed by atoms with Crippen LogP contribution in [0.2, 0.25) is 0 Å². The Morgan fingerprint density at radius 3 is 2.62 bits per heavy atom. The van der Waals surface area contributed by atoms with E-state index in [0.29, 0.717) is 16.8 Å². The SMILES string of the molecule is CCOC(=O)Nc1cccc(C(=O)NCCN2C(=O)S/C(=C\c3ccc(F)cc3)C2=O)c1. The zero-order valence-electron chi connectivity index (χ0n) is 17.1. The van der Waals surface area contributed by atoms with Crippen molar-refractivity contribution in [3.05, 3.63) is 70.4 Å². The van der Waals surface area contributed by atoms with Crippen LogP contribution in [0.5, 0.6) is 0 Å². The van der Waals surface area contributed by atoms with Gasteiger partial charge >= 0.3 is 6.09 Å². The van der Waals surface area contributed by atoms with Crippen LogP contribution in [0.1, 0.15) is 22.8 Å². The summed E-state index contributed by atoms with van der Waals surface area (Å²) in [4.78, 5) is 49.9. The van der Waals surface area contributed by atoms with Crippen LogP contribution in [-0.2, 0) is 9.53 Å². The summed E-state index contributed by atoms with van der Waals surface area (Å²) >= 11 is 0.788. The monoisotopic (exact) mass is 457 g/mol. The average molecular weight is 457 g/mol. The van der Waals surface area contributed by atoms with Crippen LogP contribution < -0.4 is 10.6 Å². The molecule has 0 unspecified atom stereocenters. The van der Waals surface area contributed by atoms with Gasteiger partial charge in [-0.3, -0.25) is 24.6 Å². The summed E-state index contributed by atoms with van der Waals surface area (Å²) in [5.41, 5.74) is 1.29. The van der Waals surface area contributed by atoms with E-state index < -0.39 is 29.0 Å². The predicted molar refractivity (Wildman–Crippen MR) is 118 cm³/mol. The molecule has 3 rings (SSSR count). The zero-order chi connectivity index (χ0) is 23.1. The first-order valence-electron chi connectivity index (χ1n) is 9.70. The molecule has 0 bridgehead atoms. The number of thioether (sulfide) groups is 1. The standard InChI is InChI=1S/C22H20FN3O5S/c1-2-31-21(29)25-17-5-3-4-15(13-17)19(27)24-10-11-26-20(28)18(32-22(26)30)12-14-6-8-16(23)9-7-14/h3-9,12-13H,2,10-11H2,1H3,(H,24,27)(H,25,29)/b18-12-. The molecule has 2 aromatic rings. The van der Waals surface area contributed by atoms with Gasteiger partial charge in [0.2, 0.25) is 0 Å². The summed E-state index contributed by atoms with van der Waals surface area (Å²) in [6.45, 7) is 1.95. The Bertz CT molecular complexity index is 1070. The van der Waals surface area contributed by atoms with Crippen molar-refractivity contribution in [2.45, 2.75) is 6.92 Å². The van der Waals surface area contributed by atoms with Gasteiger partial charge < -0.3 is 10.1 Å². The van der Waals surface area contributed by atoms with E-state index in [1.807, 2.05) is 0 Å². The van der Waals surface area contributed by atoms with Crippen LogP contribution >= 0.6 is 11.8 Å². The van der Waals surface area contributed by atoms with Crippen LogP contribution in [0.25, 0.3) is 6.08 Å². The fourth-order valence-electron chi connectivity index (χ4n) is 2.81. The van der Waals surface area contributed by atoms with Crippen molar-refractivity contribution in [1.29, 1.82) is 0 Å². The number of ether oxygens (including phenoxy) is 1. The van der Waals surface area contributed by atoms with Crippen molar-refractivity contribution in [3.63, 3.8) is 0 Å². The summed E-state index contributed by atoms with van der Waals surface area (Å²) in [7, 11) is 0. The number of nitrogens with one attached hydrogen (secondary N) is 2. The van der Waals surface area contributed by atoms with Crippen molar-refractivity contribution in [2.75, 3.05) is 25.0 Å². The van der Waals surface area contributed by atoms with Crippen molar-refractivity contribution in [3.8, 4) is 0 Å². The lowest BCUT2D eigenvalue weighted by atomic mass is 10.2. The van der Waals surface area contributed by atoms with E-state index in [4.69, 9.17) is 4.74 Å². The molecule has 0 radical (unpaired) electrons. The highest BCUT2D eigenvalue weighted by Gasteiger charge is 2.34. The van der Waals surface area contributed by atoms with E-state index >= 15 is 0 Å². The Kier molecular flexibility index (Phi) is 7.61. The molecule has 0 aliphatic carbocycles. The Morgan fingerprint density at radius 1 is 1.16 bits per heavy atom. The summed E-state index contributed by atoms with van der Waals surface area (Å²) in [6.07, 6.45) is 0.892. The van der Waals surface area contributed by atoms with Gasteiger partial charge in [-0.15, -0.1) is 0 Å². The van der Waals surface area contributed by atoms with E-state index in [1.165, 1.54) is 36.4 Å². The smallest absolute Gasteiger partial charge is 0.411 e. The first-order chi connectivity index (χ1) is 15.4. The van der Waals surface area contributed by atoms with Crippen molar-refractivity contribution in [2.24, 2.45) is 0 Å². The first-order valence-corrected chi connectivity index (χ1v) is 10.5. The highest BCUT2D eigenvalue weighted by Crippen LogP contribution is 2.31. The van der Waals surface area contributed by atoms with Crippen LogP contribution in [-0.4, -0.2) is 47.7 Å². The molecule has 0 saturated carbocycles. The van der Waals surface area contributed by atoms with Crippen molar-refractivity contribution < 1.29 is 28.3 Å². The van der Waals surface area contributed by atoms with Gasteiger partial charge in [0.05, 0.1) is 11.5 Å². The molecule has 4 amide bonds. The number of imide groups is 1. The molecule has 1 heterocycles. The van der Waals surface area contributed by atoms with E-state index in [0.717, 1.165) is 16.7 Å². The molecular formula is C22H20FN3O5S. The number of nitrogens with zero attached hydrogens (tertiary/aromatic N) is 1. The van der Waals surface area contributed by atoms with Gasteiger partial charge in [-0.2, -0.15) is 0 Å². The lowest BCUT2D eigenvalue weighted by Gasteiger charge is -2.13. The molecule has 1 fully saturated rings. The van der Waals surface area contributed by atoms with Gasteiger partial charge in [-0.05, 0) is 60.7 Å². The van der Waals surface area contributed by atoms with Crippen molar-refractivity contribution in [1.82, 2.24) is 10.2 Å². The van der Waals surface area contributed by atoms with E-state index in [1.54, 1.807) is 25.1 Å².